The average Bonchev–Trinajstić information content (AvgIpc) is 2.34. The lowest BCUT2D eigenvalue weighted by Crippen LogP contribution is -2.09. The Hall–Kier alpha value is -0.300. The summed E-state index contributed by atoms with van der Waals surface area (Å²) in [5.41, 5.74) is 0. The van der Waals surface area contributed by atoms with E-state index in [4.69, 9.17) is 4.74 Å². The molecule has 0 N–H and O–H groups in total. The van der Waals surface area contributed by atoms with Gasteiger partial charge in [0.2, 0.25) is 0 Å². The lowest BCUT2D eigenvalue weighted by molar-refractivity contribution is 0.0965. The molecule has 1 nitrogen and oxygen atoms in total. The summed E-state index contributed by atoms with van der Waals surface area (Å²) in [4.78, 5) is 0. The molecule has 0 radical (unpaired) electrons. The van der Waals surface area contributed by atoms with E-state index in [1.807, 2.05) is 6.08 Å². The van der Waals surface area contributed by atoms with Crippen molar-refractivity contribution in [2.45, 2.75) is 71.6 Å². The minimum absolute atomic E-state index is 0.699. The SMILES string of the molecule is C=CCC(CCCCCCCC)COCCC. The monoisotopic (exact) mass is 240 g/mol. The number of hydrogen-bond donors (Lipinski definition) is 0. The summed E-state index contributed by atoms with van der Waals surface area (Å²) in [6.45, 7) is 10.1. The Kier molecular flexibility index (Phi) is 13.5. The molecule has 17 heavy (non-hydrogen) atoms. The van der Waals surface area contributed by atoms with Gasteiger partial charge in [0.25, 0.3) is 0 Å². The Bertz CT molecular complexity index is 154. The van der Waals surface area contributed by atoms with Crippen LogP contribution in [0.5, 0.6) is 0 Å². The van der Waals surface area contributed by atoms with Crippen molar-refractivity contribution in [1.82, 2.24) is 0 Å². The Morgan fingerprint density at radius 2 is 1.71 bits per heavy atom. The molecular weight excluding hydrogens is 208 g/mol. The molecule has 102 valence electrons. The number of ether oxygens (including phenoxy) is 1. The standard InChI is InChI=1S/C16H32O/c1-4-7-8-9-10-11-13-16(12-5-2)15-17-14-6-3/h5,16H,2,4,6-15H2,1,3H3. The zero-order chi connectivity index (χ0) is 12.8. The van der Waals surface area contributed by atoms with Gasteiger partial charge in [0.05, 0.1) is 0 Å². The first kappa shape index (κ1) is 16.7. The molecule has 0 fully saturated rings. The third-order valence-electron chi connectivity index (χ3n) is 3.17. The van der Waals surface area contributed by atoms with Crippen LogP contribution in [0.4, 0.5) is 0 Å². The molecule has 0 heterocycles. The molecule has 1 heteroatoms. The summed E-state index contributed by atoms with van der Waals surface area (Å²) < 4.78 is 5.65. The summed E-state index contributed by atoms with van der Waals surface area (Å²) in [6, 6.07) is 0. The molecule has 0 aliphatic carbocycles. The largest absolute Gasteiger partial charge is 0.381 e. The van der Waals surface area contributed by atoms with Crippen LogP contribution in [0.15, 0.2) is 12.7 Å². The van der Waals surface area contributed by atoms with E-state index < -0.39 is 0 Å². The third-order valence-corrected chi connectivity index (χ3v) is 3.17. The number of unbranched alkanes of at least 4 members (excludes halogenated alkanes) is 5. The van der Waals surface area contributed by atoms with Gasteiger partial charge in [-0.05, 0) is 25.2 Å². The number of allylic oxidation sites excluding steroid dienone is 1. The van der Waals surface area contributed by atoms with Gasteiger partial charge in [0.15, 0.2) is 0 Å². The lowest BCUT2D eigenvalue weighted by Gasteiger charge is -2.15. The summed E-state index contributed by atoms with van der Waals surface area (Å²) >= 11 is 0. The van der Waals surface area contributed by atoms with Crippen LogP contribution in [0, 0.1) is 5.92 Å². The van der Waals surface area contributed by atoms with Gasteiger partial charge in [-0.25, -0.2) is 0 Å². The van der Waals surface area contributed by atoms with Crippen LogP contribution in [0.25, 0.3) is 0 Å². The fraction of sp³-hybridized carbons (Fsp3) is 0.875. The predicted octanol–water partition coefficient (Wildman–Crippen LogP) is 5.36. The van der Waals surface area contributed by atoms with Crippen LogP contribution in [0.1, 0.15) is 71.6 Å². The first-order valence-electron chi connectivity index (χ1n) is 7.53. The highest BCUT2D eigenvalue weighted by Crippen LogP contribution is 2.16. The Labute approximate surface area is 109 Å². The third kappa shape index (κ3) is 12.0. The van der Waals surface area contributed by atoms with Crippen LogP contribution in [0.3, 0.4) is 0 Å². The second-order valence-electron chi connectivity index (χ2n) is 5.02. The van der Waals surface area contributed by atoms with E-state index in [0.29, 0.717) is 5.92 Å². The van der Waals surface area contributed by atoms with Gasteiger partial charge in [-0.2, -0.15) is 0 Å². The smallest absolute Gasteiger partial charge is 0.0497 e. The topological polar surface area (TPSA) is 9.23 Å². The minimum atomic E-state index is 0.699. The maximum Gasteiger partial charge on any atom is 0.0497 e. The number of rotatable bonds is 13. The quantitative estimate of drug-likeness (QED) is 0.311. The summed E-state index contributed by atoms with van der Waals surface area (Å²) in [7, 11) is 0. The van der Waals surface area contributed by atoms with E-state index >= 15 is 0 Å². The second-order valence-corrected chi connectivity index (χ2v) is 5.02. The highest BCUT2D eigenvalue weighted by molar-refractivity contribution is 4.73. The molecule has 0 amide bonds. The summed E-state index contributed by atoms with van der Waals surface area (Å²) in [6.07, 6.45) is 13.9. The summed E-state index contributed by atoms with van der Waals surface area (Å²) in [5, 5.41) is 0. The van der Waals surface area contributed by atoms with Crippen molar-refractivity contribution in [3.05, 3.63) is 12.7 Å². The van der Waals surface area contributed by atoms with Crippen LogP contribution in [-0.2, 0) is 4.74 Å². The van der Waals surface area contributed by atoms with Crippen LogP contribution >= 0.6 is 0 Å². The fourth-order valence-electron chi connectivity index (χ4n) is 2.11. The maximum absolute atomic E-state index is 5.65. The van der Waals surface area contributed by atoms with E-state index in [1.54, 1.807) is 0 Å². The zero-order valence-corrected chi connectivity index (χ0v) is 12.0. The molecule has 0 spiro atoms. The molecule has 0 aromatic rings. The van der Waals surface area contributed by atoms with Gasteiger partial charge >= 0.3 is 0 Å². The van der Waals surface area contributed by atoms with Crippen molar-refractivity contribution < 1.29 is 4.74 Å². The fourth-order valence-corrected chi connectivity index (χ4v) is 2.11. The molecule has 0 saturated heterocycles. The van der Waals surface area contributed by atoms with E-state index in [0.717, 1.165) is 26.1 Å². The zero-order valence-electron chi connectivity index (χ0n) is 12.0. The molecule has 0 bridgehead atoms. The van der Waals surface area contributed by atoms with Gasteiger partial charge in [0, 0.05) is 13.2 Å². The molecule has 1 atom stereocenters. The highest BCUT2D eigenvalue weighted by Gasteiger charge is 2.06. The van der Waals surface area contributed by atoms with Gasteiger partial charge in [-0.15, -0.1) is 6.58 Å². The maximum atomic E-state index is 5.65. The number of hydrogen-bond acceptors (Lipinski definition) is 1. The van der Waals surface area contributed by atoms with Gasteiger partial charge in [-0.1, -0.05) is 58.4 Å². The molecule has 0 saturated carbocycles. The van der Waals surface area contributed by atoms with E-state index in [9.17, 15) is 0 Å². The van der Waals surface area contributed by atoms with Crippen molar-refractivity contribution >= 4 is 0 Å². The van der Waals surface area contributed by atoms with Crippen LogP contribution in [0.2, 0.25) is 0 Å². The molecule has 0 aliphatic rings. The molecule has 1 unspecified atom stereocenters. The van der Waals surface area contributed by atoms with Crippen molar-refractivity contribution in [3.63, 3.8) is 0 Å². The molecule has 0 rings (SSSR count). The van der Waals surface area contributed by atoms with Crippen LogP contribution in [-0.4, -0.2) is 13.2 Å². The molecule has 0 aliphatic heterocycles. The molecular formula is C16H32O. The van der Waals surface area contributed by atoms with E-state index in [2.05, 4.69) is 20.4 Å². The second kappa shape index (κ2) is 13.8. The van der Waals surface area contributed by atoms with Crippen molar-refractivity contribution in [2.24, 2.45) is 5.92 Å². The molecule has 0 aromatic heterocycles. The van der Waals surface area contributed by atoms with Gasteiger partial charge in [0.1, 0.15) is 0 Å². The van der Waals surface area contributed by atoms with E-state index in [1.165, 1.54) is 44.9 Å². The summed E-state index contributed by atoms with van der Waals surface area (Å²) in [5.74, 6) is 0.699. The Morgan fingerprint density at radius 1 is 1.00 bits per heavy atom. The molecule has 0 aromatic carbocycles. The Balaban J connectivity index is 3.44. The van der Waals surface area contributed by atoms with Crippen LogP contribution < -0.4 is 0 Å². The minimum Gasteiger partial charge on any atom is -0.381 e. The van der Waals surface area contributed by atoms with Crippen molar-refractivity contribution in [1.29, 1.82) is 0 Å². The first-order valence-corrected chi connectivity index (χ1v) is 7.53. The van der Waals surface area contributed by atoms with Crippen molar-refractivity contribution in [3.8, 4) is 0 Å². The normalized spacial score (nSPS) is 12.6. The Morgan fingerprint density at radius 3 is 2.35 bits per heavy atom. The highest BCUT2D eigenvalue weighted by atomic mass is 16.5. The van der Waals surface area contributed by atoms with Gasteiger partial charge in [-0.3, -0.25) is 0 Å². The predicted molar refractivity (Wildman–Crippen MR) is 77.4 cm³/mol. The van der Waals surface area contributed by atoms with Gasteiger partial charge < -0.3 is 4.74 Å². The lowest BCUT2D eigenvalue weighted by atomic mass is 9.98. The van der Waals surface area contributed by atoms with Crippen molar-refractivity contribution in [2.75, 3.05) is 13.2 Å². The average molecular weight is 240 g/mol. The van der Waals surface area contributed by atoms with E-state index in [-0.39, 0.29) is 0 Å². The first-order chi connectivity index (χ1) is 8.35.